The SMILES string of the molecule is C#Cc1ccc([C@H](C)NC(=O)[C@@H]2C[C@@H](O)CN2C(=O)[C@@H](c2cc(C(C)C)no2)C(C)C)cc1. The highest BCUT2D eigenvalue weighted by atomic mass is 16.5. The number of likely N-dealkylation sites (tertiary alicyclic amines) is 1. The number of amides is 2. The molecule has 33 heavy (non-hydrogen) atoms. The van der Waals surface area contributed by atoms with Crippen LogP contribution in [0.25, 0.3) is 0 Å². The third-order valence-electron chi connectivity index (χ3n) is 6.18. The van der Waals surface area contributed by atoms with Gasteiger partial charge in [0.1, 0.15) is 17.7 Å². The summed E-state index contributed by atoms with van der Waals surface area (Å²) in [6, 6.07) is 8.18. The number of aliphatic hydroxyl groups excluding tert-OH is 1. The quantitative estimate of drug-likeness (QED) is 0.630. The Balaban J connectivity index is 1.78. The molecule has 0 saturated carbocycles. The van der Waals surface area contributed by atoms with Gasteiger partial charge in [0.25, 0.3) is 0 Å². The average molecular weight is 452 g/mol. The fourth-order valence-electron chi connectivity index (χ4n) is 4.20. The average Bonchev–Trinajstić information content (AvgIpc) is 3.41. The van der Waals surface area contributed by atoms with Crippen LogP contribution in [0.2, 0.25) is 0 Å². The van der Waals surface area contributed by atoms with Crippen molar-refractivity contribution in [3.8, 4) is 12.3 Å². The Kier molecular flexibility index (Phi) is 7.60. The van der Waals surface area contributed by atoms with E-state index >= 15 is 0 Å². The maximum atomic E-state index is 13.6. The monoisotopic (exact) mass is 451 g/mol. The van der Waals surface area contributed by atoms with Crippen molar-refractivity contribution in [3.05, 3.63) is 52.9 Å². The molecule has 2 amide bonds. The number of terminal acetylenes is 1. The van der Waals surface area contributed by atoms with Gasteiger partial charge in [-0.25, -0.2) is 0 Å². The van der Waals surface area contributed by atoms with E-state index in [0.29, 0.717) is 5.76 Å². The predicted molar refractivity (Wildman–Crippen MR) is 125 cm³/mol. The summed E-state index contributed by atoms with van der Waals surface area (Å²) in [6.07, 6.45) is 4.84. The Morgan fingerprint density at radius 2 is 1.88 bits per heavy atom. The van der Waals surface area contributed by atoms with Gasteiger partial charge in [-0.3, -0.25) is 9.59 Å². The molecule has 0 bridgehead atoms. The molecule has 4 atom stereocenters. The molecule has 1 aromatic carbocycles. The van der Waals surface area contributed by atoms with Crippen LogP contribution in [0.5, 0.6) is 0 Å². The highest BCUT2D eigenvalue weighted by Gasteiger charge is 2.43. The van der Waals surface area contributed by atoms with E-state index in [9.17, 15) is 14.7 Å². The lowest BCUT2D eigenvalue weighted by Gasteiger charge is -2.29. The zero-order valence-electron chi connectivity index (χ0n) is 19.9. The second-order valence-corrected chi connectivity index (χ2v) is 9.42. The normalized spacial score (nSPS) is 20.0. The maximum Gasteiger partial charge on any atom is 0.243 e. The van der Waals surface area contributed by atoms with Crippen molar-refractivity contribution in [1.29, 1.82) is 0 Å². The minimum Gasteiger partial charge on any atom is -0.391 e. The lowest BCUT2D eigenvalue weighted by Crippen LogP contribution is -2.48. The van der Waals surface area contributed by atoms with Gasteiger partial charge in [-0.05, 0) is 36.5 Å². The second-order valence-electron chi connectivity index (χ2n) is 9.42. The largest absolute Gasteiger partial charge is 0.391 e. The minimum absolute atomic E-state index is 0.0690. The van der Waals surface area contributed by atoms with Crippen LogP contribution in [0.3, 0.4) is 0 Å². The first-order chi connectivity index (χ1) is 15.6. The fourth-order valence-corrected chi connectivity index (χ4v) is 4.20. The van der Waals surface area contributed by atoms with Gasteiger partial charge in [0.05, 0.1) is 17.8 Å². The highest BCUT2D eigenvalue weighted by molar-refractivity contribution is 5.91. The van der Waals surface area contributed by atoms with E-state index in [0.717, 1.165) is 16.8 Å². The van der Waals surface area contributed by atoms with Gasteiger partial charge in [0.15, 0.2) is 0 Å². The van der Waals surface area contributed by atoms with Gasteiger partial charge >= 0.3 is 0 Å². The van der Waals surface area contributed by atoms with E-state index in [-0.39, 0.29) is 42.7 Å². The second kappa shape index (κ2) is 10.2. The summed E-state index contributed by atoms with van der Waals surface area (Å²) in [7, 11) is 0. The summed E-state index contributed by atoms with van der Waals surface area (Å²) in [6.45, 7) is 9.86. The van der Waals surface area contributed by atoms with Crippen molar-refractivity contribution in [2.45, 2.75) is 71.1 Å². The van der Waals surface area contributed by atoms with Crippen LogP contribution in [-0.4, -0.2) is 45.7 Å². The van der Waals surface area contributed by atoms with Crippen LogP contribution in [-0.2, 0) is 9.59 Å². The van der Waals surface area contributed by atoms with Crippen molar-refractivity contribution < 1.29 is 19.2 Å². The summed E-state index contributed by atoms with van der Waals surface area (Å²) >= 11 is 0. The molecule has 3 rings (SSSR count). The van der Waals surface area contributed by atoms with Gasteiger partial charge in [-0.2, -0.15) is 0 Å². The van der Waals surface area contributed by atoms with E-state index in [4.69, 9.17) is 10.9 Å². The molecule has 0 spiro atoms. The number of nitrogens with one attached hydrogen (secondary N) is 1. The number of hydrogen-bond acceptors (Lipinski definition) is 5. The van der Waals surface area contributed by atoms with Crippen LogP contribution in [0.4, 0.5) is 0 Å². The molecular weight excluding hydrogens is 418 g/mol. The molecule has 2 heterocycles. The minimum atomic E-state index is -0.760. The Labute approximate surface area is 195 Å². The third kappa shape index (κ3) is 5.45. The van der Waals surface area contributed by atoms with Gasteiger partial charge in [0, 0.05) is 24.6 Å². The van der Waals surface area contributed by atoms with Crippen LogP contribution in [0, 0.1) is 18.3 Å². The first kappa shape index (κ1) is 24.5. The summed E-state index contributed by atoms with van der Waals surface area (Å²) in [5.41, 5.74) is 2.45. The molecule has 1 aliphatic heterocycles. The van der Waals surface area contributed by atoms with Crippen molar-refractivity contribution >= 4 is 11.8 Å². The summed E-state index contributed by atoms with van der Waals surface area (Å²) in [4.78, 5) is 28.2. The van der Waals surface area contributed by atoms with Gasteiger partial charge in [-0.1, -0.05) is 50.9 Å². The lowest BCUT2D eigenvalue weighted by molar-refractivity contribution is -0.141. The van der Waals surface area contributed by atoms with Crippen molar-refractivity contribution in [2.75, 3.05) is 6.54 Å². The first-order valence-corrected chi connectivity index (χ1v) is 11.4. The van der Waals surface area contributed by atoms with Crippen molar-refractivity contribution in [2.24, 2.45) is 5.92 Å². The van der Waals surface area contributed by atoms with Crippen LogP contribution in [0.15, 0.2) is 34.9 Å². The van der Waals surface area contributed by atoms with Crippen molar-refractivity contribution in [3.63, 3.8) is 0 Å². The number of rotatable bonds is 7. The van der Waals surface area contributed by atoms with Gasteiger partial charge in [-0.15, -0.1) is 6.42 Å². The topological polar surface area (TPSA) is 95.7 Å². The molecule has 1 fully saturated rings. The zero-order chi connectivity index (χ0) is 24.3. The molecule has 0 aliphatic carbocycles. The lowest BCUT2D eigenvalue weighted by atomic mass is 9.90. The molecule has 0 radical (unpaired) electrons. The molecular formula is C26H33N3O4. The zero-order valence-corrected chi connectivity index (χ0v) is 19.9. The Morgan fingerprint density at radius 1 is 1.21 bits per heavy atom. The number of hydrogen-bond donors (Lipinski definition) is 2. The van der Waals surface area contributed by atoms with E-state index < -0.39 is 18.1 Å². The van der Waals surface area contributed by atoms with Crippen LogP contribution >= 0.6 is 0 Å². The smallest absolute Gasteiger partial charge is 0.243 e. The number of aliphatic hydroxyl groups is 1. The molecule has 2 N–H and O–H groups in total. The molecule has 7 nitrogen and oxygen atoms in total. The van der Waals surface area contributed by atoms with E-state index in [1.54, 1.807) is 0 Å². The first-order valence-electron chi connectivity index (χ1n) is 11.4. The molecule has 176 valence electrons. The molecule has 0 unspecified atom stereocenters. The number of benzene rings is 1. The molecule has 1 saturated heterocycles. The molecule has 1 aliphatic rings. The third-order valence-corrected chi connectivity index (χ3v) is 6.18. The van der Waals surface area contributed by atoms with Crippen LogP contribution < -0.4 is 5.32 Å². The Morgan fingerprint density at radius 3 is 2.42 bits per heavy atom. The van der Waals surface area contributed by atoms with Gasteiger partial charge < -0.3 is 19.8 Å². The van der Waals surface area contributed by atoms with E-state index in [2.05, 4.69) is 16.4 Å². The number of carbonyl (C=O) groups excluding carboxylic acids is 2. The molecule has 1 aromatic heterocycles. The van der Waals surface area contributed by atoms with Crippen molar-refractivity contribution in [1.82, 2.24) is 15.4 Å². The Hall–Kier alpha value is -3.11. The number of carbonyl (C=O) groups is 2. The number of β-amino-alcohol motifs (C(OH)–C–C–N with tert-alkyl or cyclic N) is 1. The fraction of sp³-hybridized carbons (Fsp3) is 0.500. The van der Waals surface area contributed by atoms with E-state index in [1.165, 1.54) is 4.90 Å². The molecule has 2 aromatic rings. The maximum absolute atomic E-state index is 13.6. The summed E-state index contributed by atoms with van der Waals surface area (Å²) < 4.78 is 5.52. The number of nitrogens with zero attached hydrogens (tertiary/aromatic N) is 2. The predicted octanol–water partition coefficient (Wildman–Crippen LogP) is 3.36. The summed E-state index contributed by atoms with van der Waals surface area (Å²) in [5.74, 6) is 2.05. The molecule has 7 heteroatoms. The van der Waals surface area contributed by atoms with Crippen LogP contribution in [0.1, 0.15) is 81.5 Å². The van der Waals surface area contributed by atoms with E-state index in [1.807, 2.05) is 65.0 Å². The number of aromatic nitrogens is 1. The highest BCUT2D eigenvalue weighted by Crippen LogP contribution is 2.32. The summed E-state index contributed by atoms with van der Waals surface area (Å²) in [5, 5.41) is 17.4. The van der Waals surface area contributed by atoms with Gasteiger partial charge in [0.2, 0.25) is 11.8 Å². The Bertz CT molecular complexity index is 1020. The standard InChI is InChI=1S/C26H33N3O4/c1-7-18-8-10-19(11-9-18)17(6)27-25(31)22-12-20(30)14-29(22)26(32)24(16(4)5)23-13-21(15(2)3)28-33-23/h1,8-11,13,15-17,20,22,24,30H,12,14H2,2-6H3,(H,27,31)/t17-,20+,22-,24+/m0/s1.